The highest BCUT2D eigenvalue weighted by Crippen LogP contribution is 2.42. The van der Waals surface area contributed by atoms with Gasteiger partial charge >= 0.3 is 6.09 Å². The molecule has 1 fully saturated rings. The Balaban J connectivity index is 1.99. The molecule has 6 nitrogen and oxygen atoms in total. The Bertz CT molecular complexity index is 876. The summed E-state index contributed by atoms with van der Waals surface area (Å²) in [6, 6.07) is 9.73. The molecule has 2 aromatic rings. The smallest absolute Gasteiger partial charge is 0.401 e. The standard InChI is InChI=1S/C24H36BrN3O3/c1-6-28(19(2)25)24(30-5,23(3,4)18-26-15-10-7-11-16-26)31-22(29)27-17-14-20-12-8-9-13-21(20)27/h8-9,12-14,17,19H,6-7,10-11,15-16,18H2,1-5H3. The van der Waals surface area contributed by atoms with Crippen molar-refractivity contribution in [2.75, 3.05) is 33.3 Å². The number of hydrogen-bond acceptors (Lipinski definition) is 5. The third-order valence-electron chi connectivity index (χ3n) is 6.37. The molecular formula is C24H36BrN3O3. The van der Waals surface area contributed by atoms with E-state index in [9.17, 15) is 4.79 Å². The lowest BCUT2D eigenvalue weighted by Gasteiger charge is -2.52. The third-order valence-corrected chi connectivity index (χ3v) is 6.86. The average molecular weight is 494 g/mol. The lowest BCUT2D eigenvalue weighted by Crippen LogP contribution is -2.66. The quantitative estimate of drug-likeness (QED) is 0.276. The Morgan fingerprint density at radius 1 is 1.19 bits per heavy atom. The highest BCUT2D eigenvalue weighted by molar-refractivity contribution is 9.09. The van der Waals surface area contributed by atoms with Gasteiger partial charge in [-0.05, 0) is 45.0 Å². The molecule has 0 saturated carbocycles. The molecule has 0 radical (unpaired) electrons. The summed E-state index contributed by atoms with van der Waals surface area (Å²) < 4.78 is 14.0. The number of aromatic nitrogens is 1. The van der Waals surface area contributed by atoms with Gasteiger partial charge < -0.3 is 14.4 Å². The van der Waals surface area contributed by atoms with Gasteiger partial charge in [0.25, 0.3) is 5.91 Å². The lowest BCUT2D eigenvalue weighted by atomic mass is 9.85. The number of hydrogen-bond donors (Lipinski definition) is 0. The Morgan fingerprint density at radius 2 is 1.87 bits per heavy atom. The second-order valence-corrected chi connectivity index (χ2v) is 10.3. The molecule has 0 N–H and O–H groups in total. The molecule has 31 heavy (non-hydrogen) atoms. The van der Waals surface area contributed by atoms with Gasteiger partial charge in [0.2, 0.25) is 0 Å². The van der Waals surface area contributed by atoms with E-state index in [1.165, 1.54) is 19.3 Å². The normalized spacial score (nSPS) is 18.8. The van der Waals surface area contributed by atoms with Crippen LogP contribution in [0.4, 0.5) is 4.79 Å². The predicted molar refractivity (Wildman–Crippen MR) is 128 cm³/mol. The second kappa shape index (κ2) is 10.0. The number of methoxy groups -OCH3 is 1. The molecule has 1 saturated heterocycles. The Kier molecular flexibility index (Phi) is 7.84. The van der Waals surface area contributed by atoms with Crippen molar-refractivity contribution in [3.05, 3.63) is 36.5 Å². The number of nitrogens with zero attached hydrogens (tertiary/aromatic N) is 3. The molecule has 1 aliphatic rings. The summed E-state index contributed by atoms with van der Waals surface area (Å²) in [7, 11) is 1.64. The summed E-state index contributed by atoms with van der Waals surface area (Å²) in [5.41, 5.74) is 0.330. The van der Waals surface area contributed by atoms with Crippen LogP contribution in [0.25, 0.3) is 10.9 Å². The van der Waals surface area contributed by atoms with Crippen LogP contribution in [0.15, 0.2) is 36.5 Å². The van der Waals surface area contributed by atoms with E-state index in [-0.39, 0.29) is 4.95 Å². The number of carbonyl (C=O) groups is 1. The van der Waals surface area contributed by atoms with Crippen molar-refractivity contribution in [1.29, 1.82) is 0 Å². The molecule has 0 bridgehead atoms. The van der Waals surface area contributed by atoms with Crippen LogP contribution in [-0.4, -0.2) is 64.6 Å². The number of carbonyl (C=O) groups excluding carboxylic acids is 1. The topological polar surface area (TPSA) is 46.9 Å². The van der Waals surface area contributed by atoms with Crippen LogP contribution in [-0.2, 0) is 9.47 Å². The van der Waals surface area contributed by atoms with Crippen LogP contribution >= 0.6 is 15.9 Å². The molecule has 3 rings (SSSR count). The van der Waals surface area contributed by atoms with Crippen molar-refractivity contribution in [3.63, 3.8) is 0 Å². The molecule has 1 aliphatic heterocycles. The van der Waals surface area contributed by atoms with Crippen LogP contribution < -0.4 is 0 Å². The molecule has 2 unspecified atom stereocenters. The number of halogens is 1. The lowest BCUT2D eigenvalue weighted by molar-refractivity contribution is -0.334. The number of piperidine rings is 1. The van der Waals surface area contributed by atoms with Crippen molar-refractivity contribution in [2.45, 2.75) is 57.8 Å². The van der Waals surface area contributed by atoms with E-state index >= 15 is 0 Å². The number of ether oxygens (including phenoxy) is 2. The average Bonchev–Trinajstić information content (AvgIpc) is 3.17. The molecule has 0 spiro atoms. The summed E-state index contributed by atoms with van der Waals surface area (Å²) in [4.78, 5) is 18.0. The van der Waals surface area contributed by atoms with Crippen molar-refractivity contribution in [2.24, 2.45) is 5.41 Å². The maximum Gasteiger partial charge on any atom is 0.422 e. The van der Waals surface area contributed by atoms with Gasteiger partial charge in [-0.3, -0.25) is 4.57 Å². The van der Waals surface area contributed by atoms with Gasteiger partial charge in [0, 0.05) is 31.8 Å². The first-order valence-corrected chi connectivity index (χ1v) is 12.1. The minimum atomic E-state index is -1.25. The van der Waals surface area contributed by atoms with E-state index in [1.54, 1.807) is 17.9 Å². The van der Waals surface area contributed by atoms with E-state index in [4.69, 9.17) is 9.47 Å². The zero-order valence-electron chi connectivity index (χ0n) is 19.4. The highest BCUT2D eigenvalue weighted by Gasteiger charge is 2.55. The molecule has 2 atom stereocenters. The van der Waals surface area contributed by atoms with Crippen molar-refractivity contribution >= 4 is 32.9 Å². The van der Waals surface area contributed by atoms with E-state index in [1.807, 2.05) is 37.3 Å². The van der Waals surface area contributed by atoms with E-state index in [2.05, 4.69) is 46.5 Å². The first-order valence-electron chi connectivity index (χ1n) is 11.2. The molecule has 7 heteroatoms. The number of para-hydroxylation sites is 1. The predicted octanol–water partition coefficient (Wildman–Crippen LogP) is 5.50. The van der Waals surface area contributed by atoms with Crippen molar-refractivity contribution in [1.82, 2.24) is 14.4 Å². The summed E-state index contributed by atoms with van der Waals surface area (Å²) in [6.45, 7) is 11.9. The monoisotopic (exact) mass is 493 g/mol. The Morgan fingerprint density at radius 3 is 2.48 bits per heavy atom. The van der Waals surface area contributed by atoms with Gasteiger partial charge in [0.1, 0.15) is 0 Å². The molecule has 0 amide bonds. The van der Waals surface area contributed by atoms with Crippen molar-refractivity contribution in [3.8, 4) is 0 Å². The van der Waals surface area contributed by atoms with Gasteiger partial charge in [-0.1, -0.05) is 61.3 Å². The van der Waals surface area contributed by atoms with Gasteiger partial charge in [0.05, 0.1) is 15.9 Å². The first-order chi connectivity index (χ1) is 14.8. The molecule has 1 aromatic heterocycles. The zero-order chi connectivity index (χ0) is 22.6. The fraction of sp³-hybridized carbons (Fsp3) is 0.625. The number of fused-ring (bicyclic) bond motifs is 1. The fourth-order valence-electron chi connectivity index (χ4n) is 4.90. The molecule has 1 aromatic carbocycles. The largest absolute Gasteiger partial charge is 0.422 e. The summed E-state index contributed by atoms with van der Waals surface area (Å²) in [5.74, 6) is -1.25. The minimum absolute atomic E-state index is 0.0488. The van der Waals surface area contributed by atoms with E-state index in [0.29, 0.717) is 6.54 Å². The number of benzene rings is 1. The third kappa shape index (κ3) is 4.85. The van der Waals surface area contributed by atoms with Gasteiger partial charge in [-0.15, -0.1) is 0 Å². The number of alkyl halides is 1. The maximum absolute atomic E-state index is 13.5. The van der Waals surface area contributed by atoms with Gasteiger partial charge in [-0.25, -0.2) is 9.69 Å². The van der Waals surface area contributed by atoms with Crippen LogP contribution in [0.2, 0.25) is 0 Å². The summed E-state index contributed by atoms with van der Waals surface area (Å²) in [6.07, 6.45) is 5.01. The van der Waals surface area contributed by atoms with Gasteiger partial charge in [-0.2, -0.15) is 0 Å². The zero-order valence-corrected chi connectivity index (χ0v) is 21.0. The van der Waals surface area contributed by atoms with Crippen LogP contribution in [0.3, 0.4) is 0 Å². The SMILES string of the molecule is CCN(C(C)Br)C(OC)(OC(=O)n1ccc2ccccc21)C(C)(C)CN1CCCCC1. The number of rotatable bonds is 8. The first kappa shape index (κ1) is 24.2. The van der Waals surface area contributed by atoms with Crippen LogP contribution in [0, 0.1) is 5.41 Å². The summed E-state index contributed by atoms with van der Waals surface area (Å²) in [5, 5.41) is 0.997. The Hall–Kier alpha value is -1.41. The van der Waals surface area contributed by atoms with Gasteiger partial charge in [0.15, 0.2) is 0 Å². The van der Waals surface area contributed by atoms with Crippen molar-refractivity contribution < 1.29 is 14.3 Å². The molecular weight excluding hydrogens is 458 g/mol. The van der Waals surface area contributed by atoms with Crippen LogP contribution in [0.5, 0.6) is 0 Å². The molecule has 2 heterocycles. The minimum Gasteiger partial charge on any atom is -0.401 e. The number of likely N-dealkylation sites (tertiary alicyclic amines) is 1. The maximum atomic E-state index is 13.5. The fourth-order valence-corrected chi connectivity index (χ4v) is 5.46. The second-order valence-electron chi connectivity index (χ2n) is 8.98. The Labute approximate surface area is 194 Å². The van der Waals surface area contributed by atoms with E-state index in [0.717, 1.165) is 30.5 Å². The summed E-state index contributed by atoms with van der Waals surface area (Å²) >= 11 is 3.71. The van der Waals surface area contributed by atoms with E-state index < -0.39 is 17.4 Å². The van der Waals surface area contributed by atoms with Crippen LogP contribution in [0.1, 0.15) is 47.0 Å². The molecule has 172 valence electrons. The molecule has 0 aliphatic carbocycles. The highest BCUT2D eigenvalue weighted by atomic mass is 79.9.